The van der Waals surface area contributed by atoms with Crippen LogP contribution in [0.3, 0.4) is 0 Å². The number of carbonyl (C=O) groups excluding carboxylic acids is 1. The summed E-state index contributed by atoms with van der Waals surface area (Å²) < 4.78 is 0. The highest BCUT2D eigenvalue weighted by Gasteiger charge is 2.23. The van der Waals surface area contributed by atoms with E-state index >= 15 is 0 Å². The van der Waals surface area contributed by atoms with Gasteiger partial charge in [0.25, 0.3) is 5.91 Å². The van der Waals surface area contributed by atoms with Crippen LogP contribution in [0.5, 0.6) is 0 Å². The number of H-pyrrole nitrogens is 1. The Kier molecular flexibility index (Phi) is 6.59. The number of para-hydroxylation sites is 1. The monoisotopic (exact) mass is 460 g/mol. The topological polar surface area (TPSA) is 56.3 Å². The van der Waals surface area contributed by atoms with Gasteiger partial charge < -0.3 is 15.0 Å². The Hall–Kier alpha value is -3.08. The van der Waals surface area contributed by atoms with Crippen LogP contribution in [-0.4, -0.2) is 27.4 Å². The van der Waals surface area contributed by atoms with Crippen molar-refractivity contribution in [1.82, 2.24) is 9.88 Å². The molecule has 33 heavy (non-hydrogen) atoms. The fourth-order valence-corrected chi connectivity index (χ4v) is 4.11. The first-order valence-electron chi connectivity index (χ1n) is 11.1. The predicted molar refractivity (Wildman–Crippen MR) is 135 cm³/mol. The normalized spacial score (nSPS) is 12.6. The van der Waals surface area contributed by atoms with E-state index in [0.29, 0.717) is 17.1 Å². The van der Waals surface area contributed by atoms with Gasteiger partial charge in [0.05, 0.1) is 23.7 Å². The Bertz CT molecular complexity index is 1240. The minimum absolute atomic E-state index is 0.0576. The van der Waals surface area contributed by atoms with Gasteiger partial charge in [-0.15, -0.1) is 0 Å². The molecule has 4 aromatic rings. The van der Waals surface area contributed by atoms with Gasteiger partial charge in [0.2, 0.25) is 0 Å². The van der Waals surface area contributed by atoms with E-state index in [4.69, 9.17) is 11.6 Å². The second kappa shape index (κ2) is 9.42. The maximum absolute atomic E-state index is 13.7. The highest BCUT2D eigenvalue weighted by Crippen LogP contribution is 2.25. The Balaban J connectivity index is 1.64. The highest BCUT2D eigenvalue weighted by atomic mass is 35.5. The number of rotatable bonds is 6. The molecule has 170 valence electrons. The molecular formula is C28H29ClN2O2. The van der Waals surface area contributed by atoms with Gasteiger partial charge in [0.15, 0.2) is 0 Å². The van der Waals surface area contributed by atoms with Crippen LogP contribution in [-0.2, 0) is 12.0 Å². The molecule has 0 fully saturated rings. The van der Waals surface area contributed by atoms with E-state index in [-0.39, 0.29) is 17.9 Å². The second-order valence-corrected chi connectivity index (χ2v) is 9.88. The second-order valence-electron chi connectivity index (χ2n) is 9.45. The molecule has 5 heteroatoms. The van der Waals surface area contributed by atoms with Gasteiger partial charge in [0, 0.05) is 23.2 Å². The lowest BCUT2D eigenvalue weighted by Crippen LogP contribution is -2.34. The number of aliphatic hydroxyl groups is 1. The van der Waals surface area contributed by atoms with Crippen LogP contribution in [0, 0.1) is 0 Å². The fraction of sp³-hybridized carbons (Fsp3) is 0.250. The number of nitrogens with one attached hydrogen (secondary N) is 1. The molecule has 0 bridgehead atoms. The minimum Gasteiger partial charge on any atom is -0.387 e. The molecule has 1 atom stereocenters. The minimum atomic E-state index is -0.831. The first-order valence-corrected chi connectivity index (χ1v) is 11.5. The SMILES string of the molecule is CC(C)(C)c1ccc(CN(C[C@H](O)c2ccc(Cl)cc2)C(=O)c2cccc3cc[nH]c23)cc1. The number of carbonyl (C=O) groups is 1. The zero-order chi connectivity index (χ0) is 23.6. The predicted octanol–water partition coefficient (Wildman–Crippen LogP) is 6.49. The molecule has 2 N–H and O–H groups in total. The quantitative estimate of drug-likeness (QED) is 0.345. The van der Waals surface area contributed by atoms with Gasteiger partial charge in [-0.3, -0.25) is 4.79 Å². The number of nitrogens with zero attached hydrogens (tertiary/aromatic N) is 1. The lowest BCUT2D eigenvalue weighted by molar-refractivity contribution is 0.0605. The Morgan fingerprint density at radius 1 is 1.00 bits per heavy atom. The van der Waals surface area contributed by atoms with Crippen molar-refractivity contribution < 1.29 is 9.90 Å². The van der Waals surface area contributed by atoms with Gasteiger partial charge in [0.1, 0.15) is 0 Å². The third kappa shape index (κ3) is 5.29. The van der Waals surface area contributed by atoms with Crippen molar-refractivity contribution in [1.29, 1.82) is 0 Å². The van der Waals surface area contributed by atoms with Crippen LogP contribution in [0.4, 0.5) is 0 Å². The van der Waals surface area contributed by atoms with Crippen LogP contribution in [0.25, 0.3) is 10.9 Å². The molecule has 0 saturated heterocycles. The number of fused-ring (bicyclic) bond motifs is 1. The number of hydrogen-bond donors (Lipinski definition) is 2. The van der Waals surface area contributed by atoms with Crippen molar-refractivity contribution in [3.63, 3.8) is 0 Å². The zero-order valence-corrected chi connectivity index (χ0v) is 19.9. The Labute approximate surface area is 199 Å². The van der Waals surface area contributed by atoms with Crippen molar-refractivity contribution in [2.24, 2.45) is 0 Å². The van der Waals surface area contributed by atoms with E-state index in [9.17, 15) is 9.90 Å². The molecule has 0 aliphatic carbocycles. The number of aromatic amines is 1. The Morgan fingerprint density at radius 3 is 2.36 bits per heavy atom. The molecular weight excluding hydrogens is 432 g/mol. The third-order valence-electron chi connectivity index (χ3n) is 5.95. The van der Waals surface area contributed by atoms with Crippen LogP contribution in [0.2, 0.25) is 5.02 Å². The summed E-state index contributed by atoms with van der Waals surface area (Å²) in [6.07, 6.45) is 1.00. The van der Waals surface area contributed by atoms with Crippen molar-refractivity contribution in [2.75, 3.05) is 6.54 Å². The first kappa shape index (κ1) is 23.1. The fourth-order valence-electron chi connectivity index (χ4n) is 3.98. The first-order chi connectivity index (χ1) is 15.7. The van der Waals surface area contributed by atoms with E-state index in [2.05, 4.69) is 50.0 Å². The van der Waals surface area contributed by atoms with Gasteiger partial charge in [-0.1, -0.05) is 80.9 Å². The molecule has 0 aliphatic rings. The van der Waals surface area contributed by atoms with Crippen LogP contribution in [0.1, 0.15) is 53.9 Å². The highest BCUT2D eigenvalue weighted by molar-refractivity contribution is 6.30. The maximum atomic E-state index is 13.7. The standard InChI is InChI=1S/C28H29ClN2O2/c1-28(2,3)22-11-7-19(8-12-22)17-31(18-25(32)20-9-13-23(29)14-10-20)27(33)24-6-4-5-21-15-16-30-26(21)24/h4-16,25,30,32H,17-18H2,1-3H3/t25-/m0/s1. The smallest absolute Gasteiger partial charge is 0.256 e. The molecule has 3 aromatic carbocycles. The molecule has 0 radical (unpaired) electrons. The van der Waals surface area contributed by atoms with Gasteiger partial charge in [-0.05, 0) is 46.4 Å². The van der Waals surface area contributed by atoms with Gasteiger partial charge >= 0.3 is 0 Å². The van der Waals surface area contributed by atoms with Crippen molar-refractivity contribution in [2.45, 2.75) is 38.8 Å². The van der Waals surface area contributed by atoms with E-state index < -0.39 is 6.10 Å². The molecule has 1 heterocycles. The average Bonchev–Trinajstić information content (AvgIpc) is 3.27. The lowest BCUT2D eigenvalue weighted by Gasteiger charge is -2.27. The lowest BCUT2D eigenvalue weighted by atomic mass is 9.87. The molecule has 4 nitrogen and oxygen atoms in total. The van der Waals surface area contributed by atoms with E-state index in [1.807, 2.05) is 30.5 Å². The zero-order valence-electron chi connectivity index (χ0n) is 19.2. The summed E-state index contributed by atoms with van der Waals surface area (Å²) in [6.45, 7) is 7.09. The molecule has 1 amide bonds. The number of hydrogen-bond acceptors (Lipinski definition) is 2. The van der Waals surface area contributed by atoms with Crippen LogP contribution < -0.4 is 0 Å². The largest absolute Gasteiger partial charge is 0.387 e. The summed E-state index contributed by atoms with van der Waals surface area (Å²) in [6, 6.07) is 23.0. The van der Waals surface area contributed by atoms with Crippen molar-refractivity contribution >= 4 is 28.4 Å². The van der Waals surface area contributed by atoms with Crippen LogP contribution in [0.15, 0.2) is 79.0 Å². The molecule has 0 unspecified atom stereocenters. The number of benzene rings is 3. The van der Waals surface area contributed by atoms with Crippen molar-refractivity contribution in [3.05, 3.63) is 106 Å². The Morgan fingerprint density at radius 2 is 1.70 bits per heavy atom. The van der Waals surface area contributed by atoms with Crippen LogP contribution >= 0.6 is 11.6 Å². The van der Waals surface area contributed by atoms with E-state index in [1.54, 1.807) is 29.2 Å². The number of amides is 1. The molecule has 1 aromatic heterocycles. The average molecular weight is 461 g/mol. The summed E-state index contributed by atoms with van der Waals surface area (Å²) in [5, 5.41) is 12.5. The maximum Gasteiger partial charge on any atom is 0.256 e. The van der Waals surface area contributed by atoms with Gasteiger partial charge in [-0.2, -0.15) is 0 Å². The van der Waals surface area contributed by atoms with E-state index in [1.165, 1.54) is 5.56 Å². The summed E-state index contributed by atoms with van der Waals surface area (Å²) in [5.41, 5.74) is 4.42. The number of aromatic nitrogens is 1. The number of halogens is 1. The summed E-state index contributed by atoms with van der Waals surface area (Å²) in [4.78, 5) is 18.6. The number of aliphatic hydroxyl groups excluding tert-OH is 1. The molecule has 0 aliphatic heterocycles. The third-order valence-corrected chi connectivity index (χ3v) is 6.20. The summed E-state index contributed by atoms with van der Waals surface area (Å²) >= 11 is 6.00. The summed E-state index contributed by atoms with van der Waals surface area (Å²) in [7, 11) is 0. The molecule has 4 rings (SSSR count). The molecule has 0 saturated carbocycles. The summed E-state index contributed by atoms with van der Waals surface area (Å²) in [5.74, 6) is -0.129. The van der Waals surface area contributed by atoms with Gasteiger partial charge in [-0.25, -0.2) is 0 Å². The van der Waals surface area contributed by atoms with E-state index in [0.717, 1.165) is 22.0 Å². The van der Waals surface area contributed by atoms with Crippen molar-refractivity contribution in [3.8, 4) is 0 Å². The molecule has 0 spiro atoms.